The summed E-state index contributed by atoms with van der Waals surface area (Å²) >= 11 is 5.79. The maximum atomic E-state index is 13.5. The smallest absolute Gasteiger partial charge is 0.362 e. The van der Waals surface area contributed by atoms with E-state index < -0.39 is 24.2 Å². The van der Waals surface area contributed by atoms with E-state index in [0.717, 1.165) is 0 Å². The highest BCUT2D eigenvalue weighted by molar-refractivity contribution is 6.31. The molecule has 0 fully saturated rings. The first-order chi connectivity index (χ1) is 11.7. The first-order valence-corrected chi connectivity index (χ1v) is 7.62. The van der Waals surface area contributed by atoms with Crippen LogP contribution in [0.5, 0.6) is 0 Å². The van der Waals surface area contributed by atoms with Crippen molar-refractivity contribution >= 4 is 23.2 Å². The van der Waals surface area contributed by atoms with Crippen molar-refractivity contribution in [3.63, 3.8) is 0 Å². The molecule has 2 aromatic rings. The summed E-state index contributed by atoms with van der Waals surface area (Å²) in [5, 5.41) is 14.3. The number of hydrogen-bond donors (Lipinski definition) is 1. The number of benzene rings is 2. The maximum Gasteiger partial charge on any atom is 0.438 e. The van der Waals surface area contributed by atoms with Gasteiger partial charge in [-0.25, -0.2) is 0 Å². The van der Waals surface area contributed by atoms with E-state index in [9.17, 15) is 23.1 Å². The molecule has 0 unspecified atom stereocenters. The number of amides is 1. The highest BCUT2D eigenvalue weighted by atomic mass is 35.5. The standard InChI is InChI=1S/C17H12ClF3N2O2/c18-13-8-4-7-12(9-13)15(24)23-16(25,17(19,20)21)10-14(22-23)11-5-2-1-3-6-11/h1-9,25H,10H2/t16-/m1/s1. The van der Waals surface area contributed by atoms with Gasteiger partial charge in [-0.15, -0.1) is 0 Å². The predicted molar refractivity (Wildman–Crippen MR) is 86.2 cm³/mol. The molecule has 1 aliphatic rings. The largest absolute Gasteiger partial charge is 0.438 e. The summed E-state index contributed by atoms with van der Waals surface area (Å²) in [4.78, 5) is 12.5. The highest BCUT2D eigenvalue weighted by Gasteiger charge is 2.63. The van der Waals surface area contributed by atoms with E-state index in [0.29, 0.717) is 5.56 Å². The normalized spacial score (nSPS) is 20.5. The van der Waals surface area contributed by atoms with Crippen LogP contribution in [0.4, 0.5) is 13.2 Å². The van der Waals surface area contributed by atoms with Gasteiger partial charge < -0.3 is 5.11 Å². The Morgan fingerprint density at radius 1 is 1.16 bits per heavy atom. The predicted octanol–water partition coefficient (Wildman–Crippen LogP) is 3.84. The lowest BCUT2D eigenvalue weighted by Crippen LogP contribution is -2.56. The summed E-state index contributed by atoms with van der Waals surface area (Å²) in [5.74, 6) is -1.09. The molecule has 8 heteroatoms. The number of carbonyl (C=O) groups is 1. The lowest BCUT2D eigenvalue weighted by molar-refractivity contribution is -0.297. The van der Waals surface area contributed by atoms with Gasteiger partial charge in [-0.3, -0.25) is 4.79 Å². The molecule has 0 spiro atoms. The lowest BCUT2D eigenvalue weighted by Gasteiger charge is -2.32. The van der Waals surface area contributed by atoms with E-state index in [1.54, 1.807) is 30.3 Å². The van der Waals surface area contributed by atoms with E-state index in [4.69, 9.17) is 11.6 Å². The van der Waals surface area contributed by atoms with Gasteiger partial charge in [0, 0.05) is 10.6 Å². The number of hydrogen-bond acceptors (Lipinski definition) is 3. The third kappa shape index (κ3) is 3.12. The Labute approximate surface area is 146 Å². The monoisotopic (exact) mass is 368 g/mol. The zero-order valence-corrected chi connectivity index (χ0v) is 13.4. The van der Waals surface area contributed by atoms with Gasteiger partial charge in [0.15, 0.2) is 0 Å². The fourth-order valence-corrected chi connectivity index (χ4v) is 2.71. The van der Waals surface area contributed by atoms with Crippen molar-refractivity contribution < 1.29 is 23.1 Å². The van der Waals surface area contributed by atoms with Gasteiger partial charge in [0.2, 0.25) is 0 Å². The van der Waals surface area contributed by atoms with Crippen LogP contribution < -0.4 is 0 Å². The summed E-state index contributed by atoms with van der Waals surface area (Å²) in [5.41, 5.74) is -3.16. The number of aliphatic hydroxyl groups is 1. The van der Waals surface area contributed by atoms with Crippen LogP contribution in [0.15, 0.2) is 59.7 Å². The van der Waals surface area contributed by atoms with Gasteiger partial charge in [0.1, 0.15) is 0 Å². The average molecular weight is 369 g/mol. The van der Waals surface area contributed by atoms with Gasteiger partial charge in [-0.05, 0) is 23.8 Å². The zero-order chi connectivity index (χ0) is 18.2. The zero-order valence-electron chi connectivity index (χ0n) is 12.7. The number of nitrogens with zero attached hydrogens (tertiary/aromatic N) is 2. The quantitative estimate of drug-likeness (QED) is 0.875. The van der Waals surface area contributed by atoms with E-state index in [1.165, 1.54) is 24.3 Å². The van der Waals surface area contributed by atoms with Crippen molar-refractivity contribution in [3.05, 3.63) is 70.7 Å². The van der Waals surface area contributed by atoms with Crippen LogP contribution in [-0.2, 0) is 0 Å². The SMILES string of the molecule is O=C(c1cccc(Cl)c1)N1N=C(c2ccccc2)C[C@@]1(O)C(F)(F)F. The lowest BCUT2D eigenvalue weighted by atomic mass is 10.0. The second kappa shape index (κ2) is 6.16. The molecule has 4 nitrogen and oxygen atoms in total. The third-order valence-electron chi connectivity index (χ3n) is 3.81. The van der Waals surface area contributed by atoms with E-state index >= 15 is 0 Å². The van der Waals surface area contributed by atoms with Crippen molar-refractivity contribution in [1.82, 2.24) is 5.01 Å². The number of halogens is 4. The van der Waals surface area contributed by atoms with Crippen molar-refractivity contribution in [1.29, 1.82) is 0 Å². The average Bonchev–Trinajstić information content (AvgIpc) is 2.94. The van der Waals surface area contributed by atoms with E-state index in [2.05, 4.69) is 5.10 Å². The summed E-state index contributed by atoms with van der Waals surface area (Å²) < 4.78 is 40.5. The molecule has 0 aromatic heterocycles. The molecule has 25 heavy (non-hydrogen) atoms. The fourth-order valence-electron chi connectivity index (χ4n) is 2.51. The van der Waals surface area contributed by atoms with Crippen molar-refractivity contribution in [2.45, 2.75) is 18.3 Å². The molecule has 2 aromatic carbocycles. The van der Waals surface area contributed by atoms with Gasteiger partial charge in [-0.2, -0.15) is 23.3 Å². The van der Waals surface area contributed by atoms with Crippen molar-refractivity contribution in [3.8, 4) is 0 Å². The fraction of sp³-hybridized carbons (Fsp3) is 0.176. The highest BCUT2D eigenvalue weighted by Crippen LogP contribution is 2.42. The Hall–Kier alpha value is -2.38. The van der Waals surface area contributed by atoms with Crippen LogP contribution in [-0.4, -0.2) is 33.6 Å². The van der Waals surface area contributed by atoms with Gasteiger partial charge in [0.25, 0.3) is 11.6 Å². The second-order valence-electron chi connectivity index (χ2n) is 5.53. The molecule has 1 aliphatic heterocycles. The Balaban J connectivity index is 2.06. The Bertz CT molecular complexity index is 839. The molecule has 0 aliphatic carbocycles. The summed E-state index contributed by atoms with van der Waals surface area (Å²) in [7, 11) is 0. The first-order valence-electron chi connectivity index (χ1n) is 7.24. The molecule has 1 heterocycles. The Morgan fingerprint density at radius 3 is 2.44 bits per heavy atom. The van der Waals surface area contributed by atoms with Crippen LogP contribution in [0.25, 0.3) is 0 Å². The van der Waals surface area contributed by atoms with Gasteiger partial charge >= 0.3 is 6.18 Å². The van der Waals surface area contributed by atoms with Crippen LogP contribution in [0.1, 0.15) is 22.3 Å². The topological polar surface area (TPSA) is 52.9 Å². The second-order valence-corrected chi connectivity index (χ2v) is 5.97. The van der Waals surface area contributed by atoms with E-state index in [1.807, 2.05) is 0 Å². The minimum Gasteiger partial charge on any atom is -0.362 e. The molecule has 1 N–H and O–H groups in total. The molecule has 130 valence electrons. The molecule has 0 saturated carbocycles. The molecule has 1 amide bonds. The molecule has 1 atom stereocenters. The van der Waals surface area contributed by atoms with Crippen LogP contribution >= 0.6 is 11.6 Å². The van der Waals surface area contributed by atoms with Crippen molar-refractivity contribution in [2.24, 2.45) is 5.10 Å². The van der Waals surface area contributed by atoms with E-state index in [-0.39, 0.29) is 21.3 Å². The van der Waals surface area contributed by atoms with Crippen LogP contribution in [0, 0.1) is 0 Å². The Kier molecular flexibility index (Phi) is 4.30. The summed E-state index contributed by atoms with van der Waals surface area (Å²) in [6.45, 7) is 0. The van der Waals surface area contributed by atoms with Gasteiger partial charge in [0.05, 0.1) is 12.1 Å². The summed E-state index contributed by atoms with van der Waals surface area (Å²) in [6, 6.07) is 13.5. The minimum absolute atomic E-state index is 0.0317. The van der Waals surface area contributed by atoms with Crippen LogP contribution in [0.2, 0.25) is 5.02 Å². The third-order valence-corrected chi connectivity index (χ3v) is 4.05. The molecular weight excluding hydrogens is 357 g/mol. The van der Waals surface area contributed by atoms with Gasteiger partial charge in [-0.1, -0.05) is 48.0 Å². The maximum absolute atomic E-state index is 13.5. The number of alkyl halides is 3. The number of hydrazone groups is 1. The molecule has 0 bridgehead atoms. The number of rotatable bonds is 2. The molecule has 0 saturated heterocycles. The Morgan fingerprint density at radius 2 is 1.84 bits per heavy atom. The van der Waals surface area contributed by atoms with Crippen LogP contribution in [0.3, 0.4) is 0 Å². The minimum atomic E-state index is -5.08. The molecule has 3 rings (SSSR count). The molecule has 0 radical (unpaired) electrons. The summed E-state index contributed by atoms with van der Waals surface area (Å²) in [6.07, 6.45) is -5.94. The van der Waals surface area contributed by atoms with Crippen molar-refractivity contribution in [2.75, 3.05) is 0 Å². The number of carbonyl (C=O) groups excluding carboxylic acids is 1. The molecular formula is C17H12ClF3N2O2. The first kappa shape index (κ1) is 17.4.